The molecule has 4 heterocycles. The third-order valence-electron chi connectivity index (χ3n) is 7.02. The van der Waals surface area contributed by atoms with Crippen LogP contribution in [0.15, 0.2) is 48.7 Å². The van der Waals surface area contributed by atoms with Crippen molar-refractivity contribution in [2.75, 3.05) is 13.2 Å². The molecule has 2 aliphatic heterocycles. The minimum Gasteiger partial charge on any atom is -0.376 e. The number of nitrogens with zero attached hydrogens (tertiary/aromatic N) is 3. The summed E-state index contributed by atoms with van der Waals surface area (Å²) in [5.74, 6) is 0. The minimum atomic E-state index is -0.00680. The number of benzene rings is 1. The smallest absolute Gasteiger partial charge is 0.170 e. The van der Waals surface area contributed by atoms with Crippen molar-refractivity contribution in [3.8, 4) is 5.69 Å². The number of pyridine rings is 1. The van der Waals surface area contributed by atoms with Gasteiger partial charge in [0.1, 0.15) is 0 Å². The van der Waals surface area contributed by atoms with Crippen LogP contribution < -0.4 is 5.32 Å². The number of aryl methyl sites for hydroxylation is 3. The normalized spacial score (nSPS) is 22.7. The molecule has 2 fully saturated rings. The Labute approximate surface area is 201 Å². The molecule has 33 heavy (non-hydrogen) atoms. The van der Waals surface area contributed by atoms with Crippen LogP contribution in [-0.4, -0.2) is 38.8 Å². The number of aromatic nitrogens is 2. The van der Waals surface area contributed by atoms with Gasteiger partial charge in [-0.15, -0.1) is 0 Å². The zero-order valence-electron chi connectivity index (χ0n) is 19.8. The highest BCUT2D eigenvalue weighted by Gasteiger charge is 2.42. The summed E-state index contributed by atoms with van der Waals surface area (Å²) in [6.45, 7) is 10.4. The molecule has 5 rings (SSSR count). The minimum absolute atomic E-state index is 0.00680. The SMILES string of the molecule is Cc1ccc(C)c(-n2c(C)cc([C@@H]3[C@H](c4ccccn4)NC(=S)N3C[C@H]3CCCO3)c2C)c1. The lowest BCUT2D eigenvalue weighted by molar-refractivity contribution is 0.0842. The molecule has 3 aromatic rings. The molecule has 0 aliphatic carbocycles. The first-order valence-corrected chi connectivity index (χ1v) is 12.2. The molecule has 0 spiro atoms. The second-order valence-electron chi connectivity index (χ2n) is 9.37. The molecule has 1 N–H and O–H groups in total. The Balaban J connectivity index is 1.61. The van der Waals surface area contributed by atoms with E-state index in [-0.39, 0.29) is 18.2 Å². The molecular formula is C27H32N4OS. The van der Waals surface area contributed by atoms with Crippen LogP contribution in [0.25, 0.3) is 5.69 Å². The largest absolute Gasteiger partial charge is 0.376 e. The molecule has 6 heteroatoms. The summed E-state index contributed by atoms with van der Waals surface area (Å²) in [6.07, 6.45) is 4.28. The van der Waals surface area contributed by atoms with E-state index >= 15 is 0 Å². The summed E-state index contributed by atoms with van der Waals surface area (Å²) in [5, 5.41) is 4.37. The highest BCUT2D eigenvalue weighted by atomic mass is 32.1. The van der Waals surface area contributed by atoms with Gasteiger partial charge in [-0.3, -0.25) is 4.98 Å². The molecule has 1 aromatic carbocycles. The van der Waals surface area contributed by atoms with Gasteiger partial charge in [0.25, 0.3) is 0 Å². The number of rotatable bonds is 5. The average molecular weight is 461 g/mol. The van der Waals surface area contributed by atoms with Crippen molar-refractivity contribution in [3.63, 3.8) is 0 Å². The molecule has 0 amide bonds. The van der Waals surface area contributed by atoms with E-state index in [1.54, 1.807) is 0 Å². The van der Waals surface area contributed by atoms with Crippen LogP contribution in [-0.2, 0) is 4.74 Å². The molecule has 0 unspecified atom stereocenters. The van der Waals surface area contributed by atoms with Crippen molar-refractivity contribution in [1.29, 1.82) is 0 Å². The zero-order chi connectivity index (χ0) is 23.1. The van der Waals surface area contributed by atoms with Gasteiger partial charge in [-0.25, -0.2) is 0 Å². The fraction of sp³-hybridized carbons (Fsp3) is 0.407. The number of hydrogen-bond acceptors (Lipinski definition) is 3. The average Bonchev–Trinajstić information content (AvgIpc) is 3.50. The van der Waals surface area contributed by atoms with Gasteiger partial charge in [-0.05, 0) is 93.7 Å². The zero-order valence-corrected chi connectivity index (χ0v) is 20.7. The van der Waals surface area contributed by atoms with E-state index < -0.39 is 0 Å². The molecule has 2 aliphatic rings. The first-order chi connectivity index (χ1) is 15.9. The van der Waals surface area contributed by atoms with Gasteiger partial charge in [0, 0.05) is 36.4 Å². The maximum atomic E-state index is 6.00. The first-order valence-electron chi connectivity index (χ1n) is 11.8. The lowest BCUT2D eigenvalue weighted by Crippen LogP contribution is -2.36. The van der Waals surface area contributed by atoms with E-state index in [0.29, 0.717) is 0 Å². The molecule has 172 valence electrons. The summed E-state index contributed by atoms with van der Waals surface area (Å²) in [6, 6.07) is 15.1. The monoisotopic (exact) mass is 460 g/mol. The summed E-state index contributed by atoms with van der Waals surface area (Å²) < 4.78 is 8.38. The second-order valence-corrected chi connectivity index (χ2v) is 9.75. The molecule has 0 bridgehead atoms. The second kappa shape index (κ2) is 8.92. The van der Waals surface area contributed by atoms with Gasteiger partial charge in [0.05, 0.1) is 23.9 Å². The van der Waals surface area contributed by atoms with Crippen LogP contribution in [0.3, 0.4) is 0 Å². The maximum Gasteiger partial charge on any atom is 0.170 e. The predicted molar refractivity (Wildman–Crippen MR) is 136 cm³/mol. The van der Waals surface area contributed by atoms with Crippen molar-refractivity contribution in [1.82, 2.24) is 19.8 Å². The van der Waals surface area contributed by atoms with Gasteiger partial charge < -0.3 is 19.5 Å². The number of hydrogen-bond donors (Lipinski definition) is 1. The highest BCUT2D eigenvalue weighted by Crippen LogP contribution is 2.42. The predicted octanol–water partition coefficient (Wildman–Crippen LogP) is 5.26. The lowest BCUT2D eigenvalue weighted by atomic mass is 9.96. The first kappa shape index (κ1) is 22.1. The van der Waals surface area contributed by atoms with E-state index in [2.05, 4.69) is 72.8 Å². The van der Waals surface area contributed by atoms with Gasteiger partial charge in [0.2, 0.25) is 0 Å². The Kier molecular flexibility index (Phi) is 5.97. The van der Waals surface area contributed by atoms with Gasteiger partial charge in [0.15, 0.2) is 5.11 Å². The summed E-state index contributed by atoms with van der Waals surface area (Å²) in [4.78, 5) is 7.03. The van der Waals surface area contributed by atoms with E-state index in [0.717, 1.165) is 36.8 Å². The van der Waals surface area contributed by atoms with E-state index in [9.17, 15) is 0 Å². The Morgan fingerprint density at radius 3 is 2.70 bits per heavy atom. The molecule has 3 atom stereocenters. The molecule has 5 nitrogen and oxygen atoms in total. The fourth-order valence-corrected chi connectivity index (χ4v) is 5.68. The van der Waals surface area contributed by atoms with Crippen molar-refractivity contribution < 1.29 is 4.74 Å². The molecular weight excluding hydrogens is 428 g/mol. The molecule has 2 aromatic heterocycles. The van der Waals surface area contributed by atoms with Crippen molar-refractivity contribution in [2.45, 2.75) is 58.7 Å². The van der Waals surface area contributed by atoms with Gasteiger partial charge in [-0.1, -0.05) is 18.2 Å². The third kappa shape index (κ3) is 4.06. The van der Waals surface area contributed by atoms with Crippen LogP contribution in [0.1, 0.15) is 58.7 Å². The summed E-state index contributed by atoms with van der Waals surface area (Å²) in [5.41, 5.74) is 8.54. The summed E-state index contributed by atoms with van der Waals surface area (Å²) >= 11 is 5.87. The maximum absolute atomic E-state index is 6.00. The Morgan fingerprint density at radius 1 is 1.12 bits per heavy atom. The van der Waals surface area contributed by atoms with Crippen LogP contribution in [0.5, 0.6) is 0 Å². The van der Waals surface area contributed by atoms with Crippen molar-refractivity contribution >= 4 is 17.3 Å². The van der Waals surface area contributed by atoms with E-state index in [4.69, 9.17) is 21.9 Å². The van der Waals surface area contributed by atoms with Crippen molar-refractivity contribution in [2.24, 2.45) is 0 Å². The number of nitrogens with one attached hydrogen (secondary N) is 1. The van der Waals surface area contributed by atoms with Crippen LogP contribution >= 0.6 is 12.2 Å². The van der Waals surface area contributed by atoms with Crippen LogP contribution in [0.2, 0.25) is 0 Å². The quantitative estimate of drug-likeness (QED) is 0.526. The highest BCUT2D eigenvalue weighted by molar-refractivity contribution is 7.80. The third-order valence-corrected chi connectivity index (χ3v) is 7.37. The summed E-state index contributed by atoms with van der Waals surface area (Å²) in [7, 11) is 0. The fourth-order valence-electron chi connectivity index (χ4n) is 5.37. The lowest BCUT2D eigenvalue weighted by Gasteiger charge is -2.30. The van der Waals surface area contributed by atoms with Gasteiger partial charge >= 0.3 is 0 Å². The Morgan fingerprint density at radius 2 is 1.97 bits per heavy atom. The number of thiocarbonyl (C=S) groups is 1. The number of ether oxygens (including phenoxy) is 1. The Hall–Kier alpha value is -2.70. The Bertz CT molecular complexity index is 1170. The topological polar surface area (TPSA) is 42.3 Å². The van der Waals surface area contributed by atoms with Crippen LogP contribution in [0, 0.1) is 27.7 Å². The standard InChI is InChI=1S/C27H32N4OS/c1-17-10-11-18(2)24(14-17)31-19(3)15-22(20(31)4)26-25(23-9-5-6-12-28-23)29-27(33)30(26)16-21-8-7-13-32-21/h5-6,9-12,14-15,21,25-26H,7-8,13,16H2,1-4H3,(H,29,33)/t21-,25+,26-/m1/s1. The molecule has 2 saturated heterocycles. The molecule has 0 radical (unpaired) electrons. The van der Waals surface area contributed by atoms with Gasteiger partial charge in [-0.2, -0.15) is 0 Å². The van der Waals surface area contributed by atoms with E-state index in [1.165, 1.54) is 33.8 Å². The van der Waals surface area contributed by atoms with Crippen LogP contribution in [0.4, 0.5) is 0 Å². The van der Waals surface area contributed by atoms with E-state index in [1.807, 2.05) is 18.3 Å². The van der Waals surface area contributed by atoms with Crippen molar-refractivity contribution in [3.05, 3.63) is 82.4 Å². The molecule has 0 saturated carbocycles.